The Kier molecular flexibility index (Phi) is 3.62. The minimum Gasteiger partial charge on any atom is -0.384 e. The van der Waals surface area contributed by atoms with Crippen molar-refractivity contribution in [1.82, 2.24) is 9.88 Å². The van der Waals surface area contributed by atoms with E-state index in [9.17, 15) is 0 Å². The molecule has 1 saturated heterocycles. The molecule has 1 fully saturated rings. The first-order valence-corrected chi connectivity index (χ1v) is 5.95. The highest BCUT2D eigenvalue weighted by molar-refractivity contribution is 5.45. The maximum Gasteiger partial charge on any atom is 0.123 e. The van der Waals surface area contributed by atoms with E-state index in [-0.39, 0.29) is 0 Å². The van der Waals surface area contributed by atoms with Gasteiger partial charge in [-0.3, -0.25) is 4.90 Å². The predicted molar refractivity (Wildman–Crippen MR) is 67.4 cm³/mol. The quantitative estimate of drug-likeness (QED) is 0.808. The van der Waals surface area contributed by atoms with Gasteiger partial charge in [-0.05, 0) is 45.0 Å². The molecule has 1 aromatic heterocycles. The molecule has 16 heavy (non-hydrogen) atoms. The van der Waals surface area contributed by atoms with Crippen molar-refractivity contribution in [3.8, 4) is 0 Å². The van der Waals surface area contributed by atoms with Crippen molar-refractivity contribution < 1.29 is 0 Å². The molecule has 2 rings (SSSR count). The number of nitrogens with two attached hydrogens (primary N) is 1. The van der Waals surface area contributed by atoms with Crippen LogP contribution in [0.25, 0.3) is 0 Å². The molecule has 4 heteroatoms. The fourth-order valence-electron chi connectivity index (χ4n) is 2.09. The summed E-state index contributed by atoms with van der Waals surface area (Å²) in [5.74, 6) is 0.568. The minimum atomic E-state index is 0.568. The minimum absolute atomic E-state index is 0.568. The Balaban J connectivity index is 1.80. The van der Waals surface area contributed by atoms with Crippen LogP contribution in [-0.2, 0) is 0 Å². The summed E-state index contributed by atoms with van der Waals surface area (Å²) in [5, 5.41) is 3.39. The maximum atomic E-state index is 5.54. The SMILES string of the molecule is CC(CNc1ccc(N)nc1)N1CCCC1. The van der Waals surface area contributed by atoms with Crippen molar-refractivity contribution in [2.75, 3.05) is 30.7 Å². The van der Waals surface area contributed by atoms with Crippen LogP contribution in [0.3, 0.4) is 0 Å². The molecule has 1 unspecified atom stereocenters. The van der Waals surface area contributed by atoms with Gasteiger partial charge in [0.2, 0.25) is 0 Å². The van der Waals surface area contributed by atoms with Crippen molar-refractivity contribution in [3.05, 3.63) is 18.3 Å². The molecule has 2 heterocycles. The van der Waals surface area contributed by atoms with Crippen molar-refractivity contribution in [1.29, 1.82) is 0 Å². The zero-order chi connectivity index (χ0) is 11.4. The van der Waals surface area contributed by atoms with Crippen LogP contribution in [0.15, 0.2) is 18.3 Å². The molecule has 0 aromatic carbocycles. The van der Waals surface area contributed by atoms with Crippen molar-refractivity contribution in [3.63, 3.8) is 0 Å². The average Bonchev–Trinajstić information content (AvgIpc) is 2.81. The van der Waals surface area contributed by atoms with Crippen LogP contribution in [0.2, 0.25) is 0 Å². The van der Waals surface area contributed by atoms with E-state index in [0.717, 1.165) is 12.2 Å². The summed E-state index contributed by atoms with van der Waals surface area (Å²) < 4.78 is 0. The zero-order valence-electron chi connectivity index (χ0n) is 9.82. The van der Waals surface area contributed by atoms with Crippen LogP contribution in [0.4, 0.5) is 11.5 Å². The molecule has 1 atom stereocenters. The van der Waals surface area contributed by atoms with Crippen molar-refractivity contribution in [2.45, 2.75) is 25.8 Å². The molecule has 0 aliphatic carbocycles. The molecule has 0 saturated carbocycles. The van der Waals surface area contributed by atoms with Gasteiger partial charge in [-0.2, -0.15) is 0 Å². The fraction of sp³-hybridized carbons (Fsp3) is 0.583. The molecule has 1 aromatic rings. The molecule has 1 aliphatic heterocycles. The van der Waals surface area contributed by atoms with Gasteiger partial charge in [0.1, 0.15) is 5.82 Å². The van der Waals surface area contributed by atoms with Gasteiger partial charge in [0.15, 0.2) is 0 Å². The van der Waals surface area contributed by atoms with Crippen molar-refractivity contribution >= 4 is 11.5 Å². The molecule has 3 N–H and O–H groups in total. The molecular formula is C12H20N4. The lowest BCUT2D eigenvalue weighted by Gasteiger charge is -2.24. The molecule has 0 amide bonds. The molecule has 1 aliphatic rings. The van der Waals surface area contributed by atoms with E-state index >= 15 is 0 Å². The van der Waals surface area contributed by atoms with E-state index in [1.54, 1.807) is 6.20 Å². The average molecular weight is 220 g/mol. The summed E-state index contributed by atoms with van der Waals surface area (Å²) in [6, 6.07) is 4.38. The summed E-state index contributed by atoms with van der Waals surface area (Å²) >= 11 is 0. The number of nitrogens with zero attached hydrogens (tertiary/aromatic N) is 2. The largest absolute Gasteiger partial charge is 0.384 e. The zero-order valence-corrected chi connectivity index (χ0v) is 9.82. The summed E-state index contributed by atoms with van der Waals surface area (Å²) in [4.78, 5) is 6.58. The monoisotopic (exact) mass is 220 g/mol. The van der Waals surface area contributed by atoms with Gasteiger partial charge >= 0.3 is 0 Å². The van der Waals surface area contributed by atoms with Crippen LogP contribution in [0, 0.1) is 0 Å². The first-order chi connectivity index (χ1) is 7.75. The highest BCUT2D eigenvalue weighted by atomic mass is 15.2. The van der Waals surface area contributed by atoms with Crippen LogP contribution in [0.5, 0.6) is 0 Å². The third-order valence-corrected chi connectivity index (χ3v) is 3.15. The second kappa shape index (κ2) is 5.16. The summed E-state index contributed by atoms with van der Waals surface area (Å²) in [6.07, 6.45) is 4.47. The molecule has 88 valence electrons. The standard InChI is InChI=1S/C12H20N4/c1-10(16-6-2-3-7-16)8-14-11-4-5-12(13)15-9-11/h4-5,9-10,14H,2-3,6-8H2,1H3,(H2,13,15). The van der Waals surface area contributed by atoms with Gasteiger partial charge in [-0.15, -0.1) is 0 Å². The van der Waals surface area contributed by atoms with E-state index in [2.05, 4.69) is 22.1 Å². The number of hydrogen-bond donors (Lipinski definition) is 2. The number of nitrogen functional groups attached to an aromatic ring is 1. The van der Waals surface area contributed by atoms with Crippen LogP contribution in [0.1, 0.15) is 19.8 Å². The number of pyridine rings is 1. The molecule has 0 spiro atoms. The normalized spacial score (nSPS) is 18.6. The summed E-state index contributed by atoms with van der Waals surface area (Å²) in [5.41, 5.74) is 6.58. The Morgan fingerprint density at radius 3 is 2.81 bits per heavy atom. The number of anilines is 2. The Hall–Kier alpha value is -1.29. The molecule has 0 radical (unpaired) electrons. The lowest BCUT2D eigenvalue weighted by atomic mass is 10.3. The van der Waals surface area contributed by atoms with Crippen LogP contribution < -0.4 is 11.1 Å². The van der Waals surface area contributed by atoms with Crippen LogP contribution >= 0.6 is 0 Å². The number of hydrogen-bond acceptors (Lipinski definition) is 4. The summed E-state index contributed by atoms with van der Waals surface area (Å²) in [6.45, 7) is 5.71. The molecule has 4 nitrogen and oxygen atoms in total. The fourth-order valence-corrected chi connectivity index (χ4v) is 2.09. The maximum absolute atomic E-state index is 5.54. The van der Waals surface area contributed by atoms with E-state index in [0.29, 0.717) is 11.9 Å². The lowest BCUT2D eigenvalue weighted by Crippen LogP contribution is -2.35. The van der Waals surface area contributed by atoms with Gasteiger partial charge in [0.25, 0.3) is 0 Å². The predicted octanol–water partition coefficient (Wildman–Crippen LogP) is 1.56. The Morgan fingerprint density at radius 2 is 2.19 bits per heavy atom. The smallest absolute Gasteiger partial charge is 0.123 e. The number of aromatic nitrogens is 1. The van der Waals surface area contributed by atoms with E-state index in [4.69, 9.17) is 5.73 Å². The van der Waals surface area contributed by atoms with Gasteiger partial charge in [-0.25, -0.2) is 4.98 Å². The highest BCUT2D eigenvalue weighted by Gasteiger charge is 2.17. The summed E-state index contributed by atoms with van der Waals surface area (Å²) in [7, 11) is 0. The Labute approximate surface area is 96.8 Å². The lowest BCUT2D eigenvalue weighted by molar-refractivity contribution is 0.269. The first-order valence-electron chi connectivity index (χ1n) is 5.95. The second-order valence-electron chi connectivity index (χ2n) is 4.44. The van der Waals surface area contributed by atoms with Gasteiger partial charge in [0.05, 0.1) is 11.9 Å². The molecule has 0 bridgehead atoms. The van der Waals surface area contributed by atoms with Gasteiger partial charge in [-0.1, -0.05) is 0 Å². The highest BCUT2D eigenvalue weighted by Crippen LogP contribution is 2.13. The first kappa shape index (κ1) is 11.2. The van der Waals surface area contributed by atoms with E-state index in [1.807, 2.05) is 12.1 Å². The topological polar surface area (TPSA) is 54.2 Å². The van der Waals surface area contributed by atoms with Gasteiger partial charge < -0.3 is 11.1 Å². The van der Waals surface area contributed by atoms with Crippen molar-refractivity contribution in [2.24, 2.45) is 0 Å². The number of likely N-dealkylation sites (tertiary alicyclic amines) is 1. The van der Waals surface area contributed by atoms with E-state index in [1.165, 1.54) is 25.9 Å². The Bertz CT molecular complexity index is 316. The number of nitrogens with one attached hydrogen (secondary N) is 1. The third-order valence-electron chi connectivity index (χ3n) is 3.15. The number of rotatable bonds is 4. The molecular weight excluding hydrogens is 200 g/mol. The second-order valence-corrected chi connectivity index (χ2v) is 4.44. The Morgan fingerprint density at radius 1 is 1.44 bits per heavy atom. The van der Waals surface area contributed by atoms with Crippen LogP contribution in [-0.4, -0.2) is 35.6 Å². The third kappa shape index (κ3) is 2.85. The van der Waals surface area contributed by atoms with Gasteiger partial charge in [0, 0.05) is 12.6 Å². The van der Waals surface area contributed by atoms with E-state index < -0.39 is 0 Å².